The van der Waals surface area contributed by atoms with Gasteiger partial charge >= 0.3 is 18.2 Å². The average molecular weight is 440 g/mol. The van der Waals surface area contributed by atoms with Gasteiger partial charge in [0.1, 0.15) is 18.2 Å². The van der Waals surface area contributed by atoms with E-state index in [2.05, 4.69) is 10.3 Å². The van der Waals surface area contributed by atoms with E-state index in [1.165, 1.54) is 0 Å². The number of hydrogen-bond acceptors (Lipinski definition) is 5. The summed E-state index contributed by atoms with van der Waals surface area (Å²) in [7, 11) is 0. The molecule has 0 saturated heterocycles. The van der Waals surface area contributed by atoms with Crippen LogP contribution in [0, 0.1) is 0 Å². The number of halogens is 3. The number of aliphatic carboxylic acids is 1. The van der Waals surface area contributed by atoms with Crippen molar-refractivity contribution in [2.75, 3.05) is 0 Å². The molecule has 2 N–H and O–H groups in total. The first-order valence-corrected chi connectivity index (χ1v) is 9.30. The molecular weight excluding hydrogens is 417 g/mol. The van der Waals surface area contributed by atoms with Gasteiger partial charge in [-0.3, -0.25) is 0 Å². The standard InChI is InChI=1S/C21H23F3N2O5/c1-20(2,3)31-19(29)26-16(18(27)28)10-14-9-15(21(22,23)24)11-25-17(14)30-12-13-7-5-4-6-8-13/h4-9,11,16H,10,12H2,1-3H3,(H,26,29)(H,27,28). The summed E-state index contributed by atoms with van der Waals surface area (Å²) < 4.78 is 50.0. The molecule has 1 atom stereocenters. The highest BCUT2D eigenvalue weighted by Gasteiger charge is 2.33. The van der Waals surface area contributed by atoms with E-state index in [-0.39, 0.29) is 18.1 Å². The topological polar surface area (TPSA) is 97.8 Å². The molecule has 0 aliphatic carbocycles. The zero-order chi connectivity index (χ0) is 23.2. The minimum absolute atomic E-state index is 0.0173. The molecular formula is C21H23F3N2O5. The normalized spacial score (nSPS) is 12.7. The van der Waals surface area contributed by atoms with Gasteiger partial charge in [0, 0.05) is 18.2 Å². The first-order chi connectivity index (χ1) is 14.3. The van der Waals surface area contributed by atoms with E-state index in [1.54, 1.807) is 51.1 Å². The largest absolute Gasteiger partial charge is 0.480 e. The number of carbonyl (C=O) groups is 2. The van der Waals surface area contributed by atoms with Crippen molar-refractivity contribution in [1.82, 2.24) is 10.3 Å². The molecule has 31 heavy (non-hydrogen) atoms. The van der Waals surface area contributed by atoms with Crippen LogP contribution >= 0.6 is 0 Å². The van der Waals surface area contributed by atoms with Crippen LogP contribution in [0.5, 0.6) is 5.88 Å². The Balaban J connectivity index is 2.28. The van der Waals surface area contributed by atoms with E-state index >= 15 is 0 Å². The van der Waals surface area contributed by atoms with E-state index in [4.69, 9.17) is 9.47 Å². The van der Waals surface area contributed by atoms with Crippen LogP contribution in [-0.2, 0) is 28.7 Å². The Labute approximate surface area is 177 Å². The second-order valence-corrected chi connectivity index (χ2v) is 7.70. The number of pyridine rings is 1. The fraction of sp³-hybridized carbons (Fsp3) is 0.381. The van der Waals surface area contributed by atoms with Crippen molar-refractivity contribution in [2.45, 2.75) is 51.6 Å². The summed E-state index contributed by atoms with van der Waals surface area (Å²) in [5, 5.41) is 11.6. The summed E-state index contributed by atoms with van der Waals surface area (Å²) in [6.07, 6.45) is -5.57. The summed E-state index contributed by atoms with van der Waals surface area (Å²) >= 11 is 0. The van der Waals surface area contributed by atoms with Gasteiger partial charge < -0.3 is 19.9 Å². The van der Waals surface area contributed by atoms with Crippen LogP contribution < -0.4 is 10.1 Å². The molecule has 0 saturated carbocycles. The molecule has 2 rings (SSSR count). The Bertz CT molecular complexity index is 911. The summed E-state index contributed by atoms with van der Waals surface area (Å²) in [5.74, 6) is -1.61. The first-order valence-electron chi connectivity index (χ1n) is 9.30. The number of hydrogen-bond donors (Lipinski definition) is 2. The van der Waals surface area contributed by atoms with E-state index in [1.807, 2.05) is 0 Å². The van der Waals surface area contributed by atoms with Gasteiger partial charge in [0.15, 0.2) is 0 Å². The van der Waals surface area contributed by atoms with Crippen molar-refractivity contribution in [3.8, 4) is 5.88 Å². The lowest BCUT2D eigenvalue weighted by Gasteiger charge is -2.22. The zero-order valence-corrected chi connectivity index (χ0v) is 17.2. The van der Waals surface area contributed by atoms with E-state index in [0.29, 0.717) is 6.20 Å². The molecule has 0 aliphatic rings. The molecule has 0 bridgehead atoms. The maximum absolute atomic E-state index is 13.2. The van der Waals surface area contributed by atoms with Crippen LogP contribution in [0.2, 0.25) is 0 Å². The van der Waals surface area contributed by atoms with Gasteiger partial charge in [-0.05, 0) is 32.4 Å². The molecule has 168 valence electrons. The number of alkyl carbamates (subject to hydrolysis) is 1. The van der Waals surface area contributed by atoms with E-state index in [9.17, 15) is 27.9 Å². The molecule has 1 heterocycles. The highest BCUT2D eigenvalue weighted by atomic mass is 19.4. The molecule has 0 radical (unpaired) electrons. The Morgan fingerprint density at radius 1 is 1.16 bits per heavy atom. The number of rotatable bonds is 7. The van der Waals surface area contributed by atoms with Crippen molar-refractivity contribution in [3.63, 3.8) is 0 Å². The van der Waals surface area contributed by atoms with Crippen LogP contribution in [0.25, 0.3) is 0 Å². The Kier molecular flexibility index (Phi) is 7.48. The van der Waals surface area contributed by atoms with Gasteiger partial charge in [-0.1, -0.05) is 30.3 Å². The molecule has 1 aromatic heterocycles. The molecule has 0 spiro atoms. The fourth-order valence-corrected chi connectivity index (χ4v) is 2.52. The quantitative estimate of drug-likeness (QED) is 0.670. The zero-order valence-electron chi connectivity index (χ0n) is 17.2. The number of benzene rings is 1. The molecule has 2 aromatic rings. The van der Waals surface area contributed by atoms with Gasteiger partial charge in [-0.2, -0.15) is 13.2 Å². The summed E-state index contributed by atoms with van der Waals surface area (Å²) in [6, 6.07) is 8.06. The number of ether oxygens (including phenoxy) is 2. The highest BCUT2D eigenvalue weighted by Crippen LogP contribution is 2.32. The second-order valence-electron chi connectivity index (χ2n) is 7.70. The van der Waals surface area contributed by atoms with Crippen molar-refractivity contribution >= 4 is 12.1 Å². The van der Waals surface area contributed by atoms with E-state index < -0.39 is 41.9 Å². The number of carbonyl (C=O) groups excluding carboxylic acids is 1. The van der Waals surface area contributed by atoms with Gasteiger partial charge in [0.05, 0.1) is 5.56 Å². The molecule has 0 fully saturated rings. The molecule has 1 amide bonds. The molecule has 1 unspecified atom stereocenters. The summed E-state index contributed by atoms with van der Waals surface area (Å²) in [4.78, 5) is 27.3. The summed E-state index contributed by atoms with van der Waals surface area (Å²) in [6.45, 7) is 4.79. The van der Waals surface area contributed by atoms with E-state index in [0.717, 1.165) is 11.6 Å². The first kappa shape index (κ1) is 24.0. The minimum atomic E-state index is -4.68. The summed E-state index contributed by atoms with van der Waals surface area (Å²) in [5.41, 5.74) is -1.31. The number of carboxylic acid groups (broad SMARTS) is 1. The van der Waals surface area contributed by atoms with Crippen molar-refractivity contribution in [1.29, 1.82) is 0 Å². The van der Waals surface area contributed by atoms with Crippen molar-refractivity contribution in [2.24, 2.45) is 0 Å². The monoisotopic (exact) mass is 440 g/mol. The predicted molar refractivity (Wildman–Crippen MR) is 105 cm³/mol. The highest BCUT2D eigenvalue weighted by molar-refractivity contribution is 5.80. The van der Waals surface area contributed by atoms with Crippen molar-refractivity contribution < 1.29 is 37.3 Å². The lowest BCUT2D eigenvalue weighted by Crippen LogP contribution is -2.44. The smallest absolute Gasteiger partial charge is 0.417 e. The van der Waals surface area contributed by atoms with Crippen LogP contribution in [0.4, 0.5) is 18.0 Å². The Hall–Kier alpha value is -3.30. The Morgan fingerprint density at radius 3 is 2.35 bits per heavy atom. The number of alkyl halides is 3. The third-order valence-electron chi connectivity index (χ3n) is 3.88. The van der Waals surface area contributed by atoms with Gasteiger partial charge in [0.2, 0.25) is 5.88 Å². The number of amides is 1. The number of carboxylic acids is 1. The van der Waals surface area contributed by atoms with Crippen molar-refractivity contribution in [3.05, 3.63) is 59.3 Å². The van der Waals surface area contributed by atoms with Crippen LogP contribution in [0.15, 0.2) is 42.6 Å². The third kappa shape index (κ3) is 7.80. The number of nitrogens with one attached hydrogen (secondary N) is 1. The maximum atomic E-state index is 13.2. The van der Waals surface area contributed by atoms with Gasteiger partial charge in [0.25, 0.3) is 0 Å². The molecule has 10 heteroatoms. The molecule has 0 aliphatic heterocycles. The maximum Gasteiger partial charge on any atom is 0.417 e. The average Bonchev–Trinajstić information content (AvgIpc) is 2.65. The van der Waals surface area contributed by atoms with Gasteiger partial charge in [-0.25, -0.2) is 14.6 Å². The third-order valence-corrected chi connectivity index (χ3v) is 3.88. The fourth-order valence-electron chi connectivity index (χ4n) is 2.52. The number of nitrogens with zero attached hydrogens (tertiary/aromatic N) is 1. The lowest BCUT2D eigenvalue weighted by molar-refractivity contribution is -0.139. The van der Waals surface area contributed by atoms with Gasteiger partial charge in [-0.15, -0.1) is 0 Å². The SMILES string of the molecule is CC(C)(C)OC(=O)NC(Cc1cc(C(F)(F)F)cnc1OCc1ccccc1)C(=O)O. The molecule has 7 nitrogen and oxygen atoms in total. The Morgan fingerprint density at radius 2 is 1.81 bits per heavy atom. The minimum Gasteiger partial charge on any atom is -0.480 e. The van der Waals surface area contributed by atoms with Crippen LogP contribution in [0.3, 0.4) is 0 Å². The van der Waals surface area contributed by atoms with Crippen LogP contribution in [-0.4, -0.2) is 33.8 Å². The number of aromatic nitrogens is 1. The van der Waals surface area contributed by atoms with Crippen LogP contribution in [0.1, 0.15) is 37.5 Å². The second kappa shape index (κ2) is 9.67. The molecule has 1 aromatic carbocycles. The predicted octanol–water partition coefficient (Wildman–Crippen LogP) is 4.20. The lowest BCUT2D eigenvalue weighted by atomic mass is 10.1.